The standard InChI is InChI=1S/C13H15F3N2/c1-2-18-10-5-3-4-9(13(14,15)16)11(10)17-8-12(18)6-7-12/h3-5,17H,2,6-8H2,1H3. The van der Waals surface area contributed by atoms with Crippen molar-refractivity contribution in [1.82, 2.24) is 0 Å². The number of rotatable bonds is 1. The summed E-state index contributed by atoms with van der Waals surface area (Å²) in [7, 11) is 0. The van der Waals surface area contributed by atoms with E-state index >= 15 is 0 Å². The van der Waals surface area contributed by atoms with E-state index in [0.717, 1.165) is 25.5 Å². The Hall–Kier alpha value is -1.39. The molecule has 1 aromatic rings. The molecule has 1 heterocycles. The highest BCUT2D eigenvalue weighted by Gasteiger charge is 2.51. The fourth-order valence-corrected chi connectivity index (χ4v) is 2.89. The molecule has 1 aliphatic heterocycles. The molecule has 1 N–H and O–H groups in total. The molecule has 2 aliphatic rings. The third-order valence-electron chi connectivity index (χ3n) is 3.95. The smallest absolute Gasteiger partial charge is 0.381 e. The van der Waals surface area contributed by atoms with Crippen LogP contribution in [0.15, 0.2) is 18.2 Å². The molecule has 5 heteroatoms. The summed E-state index contributed by atoms with van der Waals surface area (Å²) in [5.41, 5.74) is 0.431. The Morgan fingerprint density at radius 1 is 1.33 bits per heavy atom. The highest BCUT2D eigenvalue weighted by Crippen LogP contribution is 2.51. The summed E-state index contributed by atoms with van der Waals surface area (Å²) in [6.07, 6.45) is -2.18. The molecule has 0 radical (unpaired) electrons. The number of benzene rings is 1. The largest absolute Gasteiger partial charge is 0.418 e. The van der Waals surface area contributed by atoms with Gasteiger partial charge in [0.15, 0.2) is 0 Å². The molecule has 1 aliphatic carbocycles. The van der Waals surface area contributed by atoms with Crippen molar-refractivity contribution < 1.29 is 13.2 Å². The number of anilines is 2. The Morgan fingerprint density at radius 2 is 2.06 bits per heavy atom. The number of alkyl halides is 3. The predicted octanol–water partition coefficient (Wildman–Crippen LogP) is 3.49. The maximum absolute atomic E-state index is 13.0. The topological polar surface area (TPSA) is 15.3 Å². The first-order chi connectivity index (χ1) is 8.48. The summed E-state index contributed by atoms with van der Waals surface area (Å²) in [5, 5.41) is 2.99. The molecule has 98 valence electrons. The van der Waals surface area contributed by atoms with Gasteiger partial charge in [0, 0.05) is 13.1 Å². The Balaban J connectivity index is 2.11. The molecule has 0 unspecified atom stereocenters. The quantitative estimate of drug-likeness (QED) is 0.827. The van der Waals surface area contributed by atoms with Gasteiger partial charge in [-0.05, 0) is 31.9 Å². The Bertz CT molecular complexity index is 478. The normalized spacial score (nSPS) is 20.6. The number of nitrogens with one attached hydrogen (secondary N) is 1. The summed E-state index contributed by atoms with van der Waals surface area (Å²) < 4.78 is 38.9. The summed E-state index contributed by atoms with van der Waals surface area (Å²) >= 11 is 0. The van der Waals surface area contributed by atoms with Crippen molar-refractivity contribution in [3.63, 3.8) is 0 Å². The highest BCUT2D eigenvalue weighted by atomic mass is 19.4. The second kappa shape index (κ2) is 3.56. The van der Waals surface area contributed by atoms with Gasteiger partial charge in [0.05, 0.1) is 22.5 Å². The van der Waals surface area contributed by atoms with Crippen molar-refractivity contribution in [2.45, 2.75) is 31.5 Å². The van der Waals surface area contributed by atoms with Crippen LogP contribution in [0.1, 0.15) is 25.3 Å². The first-order valence-corrected chi connectivity index (χ1v) is 6.20. The van der Waals surface area contributed by atoms with Crippen LogP contribution in [0.4, 0.5) is 24.5 Å². The summed E-state index contributed by atoms with van der Waals surface area (Å²) in [6, 6.07) is 4.41. The lowest BCUT2D eigenvalue weighted by Gasteiger charge is -2.40. The number of para-hydroxylation sites is 1. The number of halogens is 3. The van der Waals surface area contributed by atoms with E-state index < -0.39 is 11.7 Å². The average molecular weight is 256 g/mol. The predicted molar refractivity (Wildman–Crippen MR) is 64.9 cm³/mol. The van der Waals surface area contributed by atoms with Crippen molar-refractivity contribution in [3.05, 3.63) is 23.8 Å². The number of hydrogen-bond acceptors (Lipinski definition) is 2. The molecule has 0 aromatic heterocycles. The van der Waals surface area contributed by atoms with Gasteiger partial charge < -0.3 is 10.2 Å². The fraction of sp³-hybridized carbons (Fsp3) is 0.538. The van der Waals surface area contributed by atoms with Gasteiger partial charge >= 0.3 is 6.18 Å². The van der Waals surface area contributed by atoms with Crippen LogP contribution in [0.3, 0.4) is 0 Å². The van der Waals surface area contributed by atoms with E-state index in [1.807, 2.05) is 6.92 Å². The Morgan fingerprint density at radius 3 is 2.61 bits per heavy atom. The molecular formula is C13H15F3N2. The second-order valence-electron chi connectivity index (χ2n) is 5.02. The van der Waals surface area contributed by atoms with Gasteiger partial charge in [-0.3, -0.25) is 0 Å². The highest BCUT2D eigenvalue weighted by molar-refractivity contribution is 5.78. The van der Waals surface area contributed by atoms with E-state index in [4.69, 9.17) is 0 Å². The van der Waals surface area contributed by atoms with Gasteiger partial charge in [-0.2, -0.15) is 13.2 Å². The number of nitrogens with zero attached hydrogens (tertiary/aromatic N) is 1. The summed E-state index contributed by atoms with van der Waals surface area (Å²) in [4.78, 5) is 2.12. The lowest BCUT2D eigenvalue weighted by Crippen LogP contribution is -2.46. The van der Waals surface area contributed by atoms with Crippen molar-refractivity contribution in [1.29, 1.82) is 0 Å². The van der Waals surface area contributed by atoms with Crippen LogP contribution in [-0.2, 0) is 6.18 Å². The van der Waals surface area contributed by atoms with E-state index in [1.165, 1.54) is 6.07 Å². The molecule has 0 atom stereocenters. The average Bonchev–Trinajstić information content (AvgIpc) is 3.07. The molecule has 1 saturated carbocycles. The van der Waals surface area contributed by atoms with E-state index in [0.29, 0.717) is 12.2 Å². The Kier molecular flexibility index (Phi) is 2.31. The zero-order valence-electron chi connectivity index (χ0n) is 10.1. The first-order valence-electron chi connectivity index (χ1n) is 6.20. The molecule has 1 aromatic carbocycles. The summed E-state index contributed by atoms with van der Waals surface area (Å²) in [6.45, 7) is 3.35. The van der Waals surface area contributed by atoms with E-state index in [9.17, 15) is 13.2 Å². The molecule has 0 bridgehead atoms. The van der Waals surface area contributed by atoms with E-state index in [2.05, 4.69) is 10.2 Å². The molecule has 1 spiro atoms. The van der Waals surface area contributed by atoms with Gasteiger partial charge in [0.2, 0.25) is 0 Å². The van der Waals surface area contributed by atoms with Crippen LogP contribution in [-0.4, -0.2) is 18.6 Å². The molecule has 0 amide bonds. The van der Waals surface area contributed by atoms with Gasteiger partial charge in [-0.1, -0.05) is 6.07 Å². The maximum Gasteiger partial charge on any atom is 0.418 e. The maximum atomic E-state index is 13.0. The minimum absolute atomic E-state index is 0.0615. The summed E-state index contributed by atoms with van der Waals surface area (Å²) in [5.74, 6) is 0. The van der Waals surface area contributed by atoms with Gasteiger partial charge in [0.1, 0.15) is 0 Å². The minimum atomic E-state index is -4.30. The number of likely N-dealkylation sites (N-methyl/N-ethyl adjacent to an activating group) is 1. The molecule has 2 nitrogen and oxygen atoms in total. The second-order valence-corrected chi connectivity index (χ2v) is 5.02. The van der Waals surface area contributed by atoms with Crippen molar-refractivity contribution >= 4 is 11.4 Å². The van der Waals surface area contributed by atoms with Crippen LogP contribution in [0.2, 0.25) is 0 Å². The molecule has 18 heavy (non-hydrogen) atoms. The van der Waals surface area contributed by atoms with Gasteiger partial charge in [-0.15, -0.1) is 0 Å². The third-order valence-corrected chi connectivity index (χ3v) is 3.95. The fourth-order valence-electron chi connectivity index (χ4n) is 2.89. The Labute approximate surface area is 104 Å². The van der Waals surface area contributed by atoms with Crippen LogP contribution < -0.4 is 10.2 Å². The monoisotopic (exact) mass is 256 g/mol. The van der Waals surface area contributed by atoms with Gasteiger partial charge in [-0.25, -0.2) is 0 Å². The van der Waals surface area contributed by atoms with Crippen LogP contribution in [0.5, 0.6) is 0 Å². The molecule has 0 saturated heterocycles. The molecule has 3 rings (SSSR count). The van der Waals surface area contributed by atoms with Crippen LogP contribution in [0.25, 0.3) is 0 Å². The zero-order chi connectivity index (χ0) is 13.0. The van der Waals surface area contributed by atoms with E-state index in [1.54, 1.807) is 6.07 Å². The van der Waals surface area contributed by atoms with Gasteiger partial charge in [0.25, 0.3) is 0 Å². The van der Waals surface area contributed by atoms with Crippen LogP contribution in [0, 0.1) is 0 Å². The lowest BCUT2D eigenvalue weighted by atomic mass is 10.0. The van der Waals surface area contributed by atoms with Crippen molar-refractivity contribution in [2.24, 2.45) is 0 Å². The molecular weight excluding hydrogens is 241 g/mol. The van der Waals surface area contributed by atoms with Crippen molar-refractivity contribution in [2.75, 3.05) is 23.3 Å². The molecule has 1 fully saturated rings. The van der Waals surface area contributed by atoms with Crippen LogP contribution >= 0.6 is 0 Å². The first kappa shape index (κ1) is 11.7. The zero-order valence-corrected chi connectivity index (χ0v) is 10.1. The SMILES string of the molecule is CCN1c2cccc(C(F)(F)F)c2NCC12CC2. The lowest BCUT2D eigenvalue weighted by molar-refractivity contribution is -0.137. The third kappa shape index (κ3) is 1.56. The number of fused-ring (bicyclic) bond motifs is 1. The minimum Gasteiger partial charge on any atom is -0.381 e. The van der Waals surface area contributed by atoms with Crippen molar-refractivity contribution in [3.8, 4) is 0 Å². The van der Waals surface area contributed by atoms with E-state index in [-0.39, 0.29) is 11.2 Å². The number of hydrogen-bond donors (Lipinski definition) is 1.